The lowest BCUT2D eigenvalue weighted by Gasteiger charge is -2.40. The number of ether oxygens (including phenoxy) is 1. The van der Waals surface area contributed by atoms with Crippen LogP contribution >= 0.6 is 11.3 Å². The number of hydrogen-bond acceptors (Lipinski definition) is 6. The van der Waals surface area contributed by atoms with Crippen molar-refractivity contribution >= 4 is 33.2 Å². The van der Waals surface area contributed by atoms with Crippen LogP contribution in [-0.2, 0) is 24.3 Å². The number of esters is 1. The second-order valence-electron chi connectivity index (χ2n) is 6.59. The van der Waals surface area contributed by atoms with Crippen molar-refractivity contribution in [2.45, 2.75) is 68.9 Å². The first-order valence-corrected chi connectivity index (χ1v) is 11.1. The Balaban J connectivity index is 1.80. The standard InChI is InChI=1S/C17H26N2O5S2/c1-12-6-4-7-13(2)19(12)17(21)14(3)24-15(20)9-10-18-26(22,23)16-8-5-11-25-16/h5,8,11-14,18H,4,6-7,9-10H2,1-3H3/t12-,13-,14+/m1/s1. The zero-order valence-corrected chi connectivity index (χ0v) is 16.9. The van der Waals surface area contributed by atoms with Gasteiger partial charge in [0.15, 0.2) is 6.10 Å². The van der Waals surface area contributed by atoms with Crippen molar-refractivity contribution < 1.29 is 22.7 Å². The number of piperidine rings is 1. The molecule has 0 radical (unpaired) electrons. The number of sulfonamides is 1. The molecule has 1 aromatic heterocycles. The van der Waals surface area contributed by atoms with Gasteiger partial charge >= 0.3 is 5.97 Å². The van der Waals surface area contributed by atoms with E-state index in [1.54, 1.807) is 23.3 Å². The van der Waals surface area contributed by atoms with Crippen LogP contribution < -0.4 is 4.72 Å². The van der Waals surface area contributed by atoms with Crippen LogP contribution in [-0.4, -0.2) is 49.9 Å². The molecule has 7 nitrogen and oxygen atoms in total. The normalized spacial score (nSPS) is 22.0. The Labute approximate surface area is 158 Å². The molecule has 26 heavy (non-hydrogen) atoms. The van der Waals surface area contributed by atoms with Gasteiger partial charge in [-0.3, -0.25) is 9.59 Å². The molecule has 9 heteroatoms. The number of hydrogen-bond donors (Lipinski definition) is 1. The Bertz CT molecular complexity index is 708. The van der Waals surface area contributed by atoms with Crippen molar-refractivity contribution in [3.8, 4) is 0 Å². The van der Waals surface area contributed by atoms with Crippen LogP contribution in [0.1, 0.15) is 46.5 Å². The molecule has 3 atom stereocenters. The summed E-state index contributed by atoms with van der Waals surface area (Å²) in [6.45, 7) is 5.49. The van der Waals surface area contributed by atoms with Gasteiger partial charge in [0.1, 0.15) is 4.21 Å². The first kappa shape index (κ1) is 20.9. The molecular formula is C17H26N2O5S2. The molecule has 0 bridgehead atoms. The molecule has 2 heterocycles. The van der Waals surface area contributed by atoms with E-state index in [1.165, 1.54) is 6.07 Å². The molecule has 0 unspecified atom stereocenters. The van der Waals surface area contributed by atoms with Gasteiger partial charge in [0.2, 0.25) is 10.0 Å². The molecular weight excluding hydrogens is 376 g/mol. The van der Waals surface area contributed by atoms with Gasteiger partial charge in [0.25, 0.3) is 5.91 Å². The summed E-state index contributed by atoms with van der Waals surface area (Å²) in [5.41, 5.74) is 0. The predicted octanol–water partition coefficient (Wildman–Crippen LogP) is 2.14. The van der Waals surface area contributed by atoms with Crippen LogP contribution in [0.4, 0.5) is 0 Å². The van der Waals surface area contributed by atoms with Crippen molar-refractivity contribution in [3.05, 3.63) is 17.5 Å². The van der Waals surface area contributed by atoms with Gasteiger partial charge in [-0.1, -0.05) is 6.07 Å². The van der Waals surface area contributed by atoms with Crippen molar-refractivity contribution in [2.24, 2.45) is 0 Å². The Morgan fingerprint density at radius 2 is 2.00 bits per heavy atom. The Morgan fingerprint density at radius 3 is 2.58 bits per heavy atom. The SMILES string of the molecule is C[C@H](OC(=O)CCNS(=O)(=O)c1cccs1)C(=O)N1[C@H](C)CCC[C@H]1C. The maximum Gasteiger partial charge on any atom is 0.307 e. The maximum absolute atomic E-state index is 12.6. The second-order valence-corrected chi connectivity index (χ2v) is 9.53. The Kier molecular flexibility index (Phi) is 7.19. The van der Waals surface area contributed by atoms with E-state index >= 15 is 0 Å². The monoisotopic (exact) mass is 402 g/mol. The van der Waals surface area contributed by atoms with Crippen LogP contribution in [0.25, 0.3) is 0 Å². The molecule has 1 saturated heterocycles. The summed E-state index contributed by atoms with van der Waals surface area (Å²) in [7, 11) is -3.60. The third kappa shape index (κ3) is 5.28. The zero-order chi connectivity index (χ0) is 19.3. The molecule has 0 aliphatic carbocycles. The summed E-state index contributed by atoms with van der Waals surface area (Å²) < 4.78 is 31.7. The van der Waals surface area contributed by atoms with Gasteiger partial charge in [-0.05, 0) is 51.5 Å². The summed E-state index contributed by atoms with van der Waals surface area (Å²) in [6, 6.07) is 3.39. The fourth-order valence-electron chi connectivity index (χ4n) is 3.15. The maximum atomic E-state index is 12.6. The van der Waals surface area contributed by atoms with Gasteiger partial charge in [0.05, 0.1) is 6.42 Å². The van der Waals surface area contributed by atoms with E-state index in [0.717, 1.165) is 30.6 Å². The number of carbonyl (C=O) groups is 2. The lowest BCUT2D eigenvalue weighted by Crippen LogP contribution is -2.51. The van der Waals surface area contributed by atoms with Gasteiger partial charge in [0, 0.05) is 18.6 Å². The number of thiophene rings is 1. The molecule has 1 aliphatic heterocycles. The van der Waals surface area contributed by atoms with Gasteiger partial charge < -0.3 is 9.64 Å². The van der Waals surface area contributed by atoms with Crippen LogP contribution in [0.15, 0.2) is 21.7 Å². The van der Waals surface area contributed by atoms with Gasteiger partial charge in [-0.2, -0.15) is 0 Å². The molecule has 2 rings (SSSR count). The highest BCUT2D eigenvalue weighted by Crippen LogP contribution is 2.23. The quantitative estimate of drug-likeness (QED) is 0.706. The van der Waals surface area contributed by atoms with Crippen LogP contribution in [0.2, 0.25) is 0 Å². The summed E-state index contributed by atoms with van der Waals surface area (Å²) in [6.07, 6.45) is 1.97. The van der Waals surface area contributed by atoms with E-state index in [2.05, 4.69) is 4.72 Å². The Morgan fingerprint density at radius 1 is 1.35 bits per heavy atom. The van der Waals surface area contributed by atoms with Crippen LogP contribution in [0.3, 0.4) is 0 Å². The molecule has 0 saturated carbocycles. The molecule has 1 N–H and O–H groups in total. The molecule has 0 spiro atoms. The predicted molar refractivity (Wildman–Crippen MR) is 99.3 cm³/mol. The van der Waals surface area contributed by atoms with Crippen molar-refractivity contribution in [2.75, 3.05) is 6.54 Å². The number of nitrogens with zero attached hydrogens (tertiary/aromatic N) is 1. The lowest BCUT2D eigenvalue weighted by molar-refractivity contribution is -0.162. The fourth-order valence-corrected chi connectivity index (χ4v) is 5.22. The third-order valence-corrected chi connectivity index (χ3v) is 7.34. The summed E-state index contributed by atoms with van der Waals surface area (Å²) in [4.78, 5) is 26.3. The second kappa shape index (κ2) is 8.96. The molecule has 0 aromatic carbocycles. The minimum absolute atomic E-state index is 0.0729. The lowest BCUT2D eigenvalue weighted by atomic mass is 9.97. The molecule has 146 valence electrons. The average molecular weight is 403 g/mol. The summed E-state index contributed by atoms with van der Waals surface area (Å²) in [5, 5.41) is 1.67. The smallest absolute Gasteiger partial charge is 0.307 e. The fraction of sp³-hybridized carbons (Fsp3) is 0.647. The van der Waals surface area contributed by atoms with Crippen molar-refractivity contribution in [3.63, 3.8) is 0 Å². The summed E-state index contributed by atoms with van der Waals surface area (Å²) in [5.74, 6) is -0.797. The first-order valence-electron chi connectivity index (χ1n) is 8.77. The number of nitrogens with one attached hydrogen (secondary N) is 1. The highest BCUT2D eigenvalue weighted by atomic mass is 32.2. The topological polar surface area (TPSA) is 92.8 Å². The van der Waals surface area contributed by atoms with E-state index in [0.29, 0.717) is 0 Å². The molecule has 1 aliphatic rings. The molecule has 1 amide bonds. The number of carbonyl (C=O) groups excluding carboxylic acids is 2. The van der Waals surface area contributed by atoms with Crippen molar-refractivity contribution in [1.29, 1.82) is 0 Å². The van der Waals surface area contributed by atoms with Crippen LogP contribution in [0, 0.1) is 0 Å². The van der Waals surface area contributed by atoms with E-state index in [9.17, 15) is 18.0 Å². The largest absolute Gasteiger partial charge is 0.452 e. The number of rotatable bonds is 7. The average Bonchev–Trinajstić information content (AvgIpc) is 3.09. The van der Waals surface area contributed by atoms with Gasteiger partial charge in [-0.15, -0.1) is 11.3 Å². The Hall–Kier alpha value is -1.45. The van der Waals surface area contributed by atoms with Gasteiger partial charge in [-0.25, -0.2) is 13.1 Å². The minimum atomic E-state index is -3.60. The minimum Gasteiger partial charge on any atom is -0.452 e. The van der Waals surface area contributed by atoms with E-state index < -0.39 is 22.1 Å². The third-order valence-electron chi connectivity index (χ3n) is 4.49. The van der Waals surface area contributed by atoms with Crippen LogP contribution in [0.5, 0.6) is 0 Å². The zero-order valence-electron chi connectivity index (χ0n) is 15.3. The molecule has 1 aromatic rings. The number of likely N-dealkylation sites (tertiary alicyclic amines) is 1. The van der Waals surface area contributed by atoms with Crippen molar-refractivity contribution in [1.82, 2.24) is 9.62 Å². The van der Waals surface area contributed by atoms with E-state index in [1.807, 2.05) is 13.8 Å². The van der Waals surface area contributed by atoms with E-state index in [-0.39, 0.29) is 35.2 Å². The highest BCUT2D eigenvalue weighted by molar-refractivity contribution is 7.91. The summed E-state index contributed by atoms with van der Waals surface area (Å²) >= 11 is 1.10. The first-order chi connectivity index (χ1) is 12.2. The molecule has 1 fully saturated rings. The number of amides is 1. The van der Waals surface area contributed by atoms with E-state index in [4.69, 9.17) is 4.74 Å². The highest BCUT2D eigenvalue weighted by Gasteiger charge is 2.33.